The second-order valence-electron chi connectivity index (χ2n) is 6.25. The fraction of sp³-hybridized carbons (Fsp3) is 0.588. The molecule has 2 unspecified atom stereocenters. The van der Waals surface area contributed by atoms with Crippen LogP contribution in [0.4, 0.5) is 5.69 Å². The Morgan fingerprint density at radius 3 is 3.00 bits per heavy atom. The zero-order chi connectivity index (χ0) is 15.5. The summed E-state index contributed by atoms with van der Waals surface area (Å²) in [6, 6.07) is 8.67. The third-order valence-electron chi connectivity index (χ3n) is 4.64. The summed E-state index contributed by atoms with van der Waals surface area (Å²) < 4.78 is 0. The number of benzene rings is 1. The largest absolute Gasteiger partial charge is 0.327 e. The number of thioether (sulfide) groups is 1. The molecule has 0 aromatic heterocycles. The van der Waals surface area contributed by atoms with E-state index >= 15 is 0 Å². The van der Waals surface area contributed by atoms with Crippen molar-refractivity contribution in [3.63, 3.8) is 0 Å². The third kappa shape index (κ3) is 3.31. The predicted molar refractivity (Wildman–Crippen MR) is 92.4 cm³/mol. The van der Waals surface area contributed by atoms with Crippen molar-refractivity contribution in [3.8, 4) is 0 Å². The van der Waals surface area contributed by atoms with Gasteiger partial charge in [-0.3, -0.25) is 9.69 Å². The van der Waals surface area contributed by atoms with Crippen molar-refractivity contribution in [1.82, 2.24) is 4.90 Å². The number of nitrogens with two attached hydrogens (primary N) is 1. The zero-order valence-electron chi connectivity index (χ0n) is 13.2. The van der Waals surface area contributed by atoms with Gasteiger partial charge in [0.15, 0.2) is 0 Å². The monoisotopic (exact) mass is 319 g/mol. The van der Waals surface area contributed by atoms with Crippen LogP contribution in [0.3, 0.4) is 0 Å². The Hall–Kier alpha value is -1.04. The van der Waals surface area contributed by atoms with Crippen LogP contribution in [0.5, 0.6) is 0 Å². The molecule has 2 heterocycles. The van der Waals surface area contributed by atoms with Crippen LogP contribution >= 0.6 is 11.8 Å². The number of carbonyl (C=O) groups is 1. The minimum atomic E-state index is 0.122. The second kappa shape index (κ2) is 7.02. The maximum absolute atomic E-state index is 12.8. The van der Waals surface area contributed by atoms with Crippen LogP contribution in [0, 0.1) is 0 Å². The van der Waals surface area contributed by atoms with Gasteiger partial charge in [-0.15, -0.1) is 11.8 Å². The second-order valence-corrected chi connectivity index (χ2v) is 7.39. The molecule has 2 N–H and O–H groups in total. The zero-order valence-corrected chi connectivity index (χ0v) is 14.0. The number of carbonyl (C=O) groups excluding carboxylic acids is 1. The molecule has 0 bridgehead atoms. The van der Waals surface area contributed by atoms with Crippen LogP contribution in [-0.2, 0) is 4.79 Å². The van der Waals surface area contributed by atoms with Gasteiger partial charge in [-0.25, -0.2) is 0 Å². The Kier molecular flexibility index (Phi) is 5.06. The van der Waals surface area contributed by atoms with Crippen molar-refractivity contribution in [2.24, 2.45) is 5.73 Å². The molecule has 1 saturated heterocycles. The van der Waals surface area contributed by atoms with E-state index in [4.69, 9.17) is 5.73 Å². The van der Waals surface area contributed by atoms with Crippen LogP contribution in [0.25, 0.3) is 0 Å². The smallest absolute Gasteiger partial charge is 0.241 e. The standard InChI is InChI=1S/C17H25N3OS/c1-13(18)14-6-4-5-9-19(14)12-17(21)20-10-11-22-16-8-3-2-7-15(16)20/h2-3,7-8,13-14H,4-6,9-12,18H2,1H3. The van der Waals surface area contributed by atoms with Gasteiger partial charge in [0.25, 0.3) is 0 Å². The van der Waals surface area contributed by atoms with Gasteiger partial charge < -0.3 is 10.6 Å². The van der Waals surface area contributed by atoms with Gasteiger partial charge in [0.1, 0.15) is 0 Å². The van der Waals surface area contributed by atoms with E-state index in [0.717, 1.165) is 31.0 Å². The normalized spacial score (nSPS) is 23.9. The van der Waals surface area contributed by atoms with Gasteiger partial charge in [-0.1, -0.05) is 18.6 Å². The van der Waals surface area contributed by atoms with E-state index in [-0.39, 0.29) is 11.9 Å². The fourth-order valence-electron chi connectivity index (χ4n) is 3.50. The number of rotatable bonds is 3. The van der Waals surface area contributed by atoms with Crippen molar-refractivity contribution < 1.29 is 4.79 Å². The summed E-state index contributed by atoms with van der Waals surface area (Å²) in [6.07, 6.45) is 3.50. The van der Waals surface area contributed by atoms with Gasteiger partial charge in [0, 0.05) is 29.3 Å². The van der Waals surface area contributed by atoms with Gasteiger partial charge in [-0.05, 0) is 38.4 Å². The highest BCUT2D eigenvalue weighted by molar-refractivity contribution is 7.99. The van der Waals surface area contributed by atoms with Crippen LogP contribution in [0.2, 0.25) is 0 Å². The molecule has 0 saturated carbocycles. The van der Waals surface area contributed by atoms with Crippen molar-refractivity contribution in [3.05, 3.63) is 24.3 Å². The number of hydrogen-bond donors (Lipinski definition) is 1. The summed E-state index contributed by atoms with van der Waals surface area (Å²) in [5, 5.41) is 0. The summed E-state index contributed by atoms with van der Waals surface area (Å²) in [5.74, 6) is 1.18. The lowest BCUT2D eigenvalue weighted by atomic mass is 9.97. The van der Waals surface area contributed by atoms with Crippen LogP contribution < -0.4 is 10.6 Å². The molecule has 3 rings (SSSR count). The Morgan fingerprint density at radius 2 is 2.18 bits per heavy atom. The van der Waals surface area contributed by atoms with Crippen molar-refractivity contribution in [1.29, 1.82) is 0 Å². The van der Waals surface area contributed by atoms with Crippen molar-refractivity contribution in [2.45, 2.75) is 43.2 Å². The number of nitrogens with zero attached hydrogens (tertiary/aromatic N) is 2. The van der Waals surface area contributed by atoms with Gasteiger partial charge >= 0.3 is 0 Å². The molecule has 1 aromatic rings. The first-order valence-electron chi connectivity index (χ1n) is 8.18. The molecule has 0 aliphatic carbocycles. The minimum absolute atomic E-state index is 0.122. The number of likely N-dealkylation sites (tertiary alicyclic amines) is 1. The molecular weight excluding hydrogens is 294 g/mol. The molecule has 5 heteroatoms. The first-order valence-corrected chi connectivity index (χ1v) is 9.17. The maximum Gasteiger partial charge on any atom is 0.241 e. The Morgan fingerprint density at radius 1 is 1.36 bits per heavy atom. The maximum atomic E-state index is 12.8. The molecule has 4 nitrogen and oxygen atoms in total. The van der Waals surface area contributed by atoms with E-state index in [1.165, 1.54) is 17.7 Å². The van der Waals surface area contributed by atoms with E-state index in [1.807, 2.05) is 28.8 Å². The lowest BCUT2D eigenvalue weighted by Gasteiger charge is -2.39. The lowest BCUT2D eigenvalue weighted by Crippen LogP contribution is -2.53. The van der Waals surface area contributed by atoms with E-state index < -0.39 is 0 Å². The average Bonchev–Trinajstić information content (AvgIpc) is 2.54. The summed E-state index contributed by atoms with van der Waals surface area (Å²) in [5.41, 5.74) is 7.19. The quantitative estimate of drug-likeness (QED) is 0.929. The van der Waals surface area contributed by atoms with E-state index in [1.54, 1.807) is 0 Å². The van der Waals surface area contributed by atoms with E-state index in [9.17, 15) is 4.79 Å². The highest BCUT2D eigenvalue weighted by Gasteiger charge is 2.30. The SMILES string of the molecule is CC(N)C1CCCCN1CC(=O)N1CCSc2ccccc21. The average molecular weight is 319 g/mol. The summed E-state index contributed by atoms with van der Waals surface area (Å²) in [4.78, 5) is 18.3. The third-order valence-corrected chi connectivity index (χ3v) is 5.68. The molecule has 1 fully saturated rings. The highest BCUT2D eigenvalue weighted by Crippen LogP contribution is 2.34. The minimum Gasteiger partial charge on any atom is -0.327 e. The van der Waals surface area contributed by atoms with Crippen molar-refractivity contribution in [2.75, 3.05) is 30.3 Å². The molecule has 0 radical (unpaired) electrons. The topological polar surface area (TPSA) is 49.6 Å². The number of piperidine rings is 1. The van der Waals surface area contributed by atoms with E-state index in [0.29, 0.717) is 12.6 Å². The molecule has 1 amide bonds. The number of fused-ring (bicyclic) bond motifs is 1. The first-order chi connectivity index (χ1) is 10.7. The Bertz CT molecular complexity index is 534. The van der Waals surface area contributed by atoms with Gasteiger partial charge in [0.05, 0.1) is 12.2 Å². The van der Waals surface area contributed by atoms with Crippen LogP contribution in [0.1, 0.15) is 26.2 Å². The number of para-hydroxylation sites is 1. The predicted octanol–water partition coefficient (Wildman–Crippen LogP) is 2.33. The lowest BCUT2D eigenvalue weighted by molar-refractivity contribution is -0.120. The first kappa shape index (κ1) is 15.8. The van der Waals surface area contributed by atoms with Gasteiger partial charge in [0.2, 0.25) is 5.91 Å². The molecule has 2 atom stereocenters. The molecule has 1 aromatic carbocycles. The molecule has 120 valence electrons. The van der Waals surface area contributed by atoms with Gasteiger partial charge in [-0.2, -0.15) is 0 Å². The van der Waals surface area contributed by atoms with Crippen LogP contribution in [0.15, 0.2) is 29.2 Å². The Labute approximate surface area is 137 Å². The molecule has 0 spiro atoms. The molecule has 22 heavy (non-hydrogen) atoms. The summed E-state index contributed by atoms with van der Waals surface area (Å²) in [7, 11) is 0. The number of hydrogen-bond acceptors (Lipinski definition) is 4. The molecule has 2 aliphatic heterocycles. The number of anilines is 1. The van der Waals surface area contributed by atoms with Crippen LogP contribution in [-0.4, -0.2) is 48.3 Å². The molecular formula is C17H25N3OS. The highest BCUT2D eigenvalue weighted by atomic mass is 32.2. The molecule has 2 aliphatic rings. The van der Waals surface area contributed by atoms with Crippen molar-refractivity contribution >= 4 is 23.4 Å². The summed E-state index contributed by atoms with van der Waals surface area (Å²) in [6.45, 7) is 4.34. The fourth-order valence-corrected chi connectivity index (χ4v) is 4.49. The summed E-state index contributed by atoms with van der Waals surface area (Å²) >= 11 is 1.83. The van der Waals surface area contributed by atoms with E-state index in [2.05, 4.69) is 24.0 Å². The number of amides is 1. The Balaban J connectivity index is 1.72.